The molecule has 2 aromatic rings. The first-order valence-electron chi connectivity index (χ1n) is 5.83. The van der Waals surface area contributed by atoms with Gasteiger partial charge in [0, 0.05) is 8.95 Å². The molecule has 0 aliphatic rings. The maximum absolute atomic E-state index is 12.5. The second-order valence-electron chi connectivity index (χ2n) is 4.55. The van der Waals surface area contributed by atoms with Crippen molar-refractivity contribution in [2.75, 3.05) is 0 Å². The zero-order chi connectivity index (χ0) is 15.0. The smallest absolute Gasteiger partial charge is 0.297 e. The predicted molar refractivity (Wildman–Crippen MR) is 87.2 cm³/mol. The van der Waals surface area contributed by atoms with E-state index in [-0.39, 0.29) is 11.1 Å². The van der Waals surface area contributed by atoms with Crippen LogP contribution in [0.15, 0.2) is 36.7 Å². The maximum atomic E-state index is 12.5. The van der Waals surface area contributed by atoms with Crippen molar-refractivity contribution in [1.82, 2.24) is 9.55 Å². The minimum atomic E-state index is -0.566. The van der Waals surface area contributed by atoms with Crippen LogP contribution in [0.25, 0.3) is 5.69 Å². The van der Waals surface area contributed by atoms with Crippen molar-refractivity contribution in [3.63, 3.8) is 0 Å². The fourth-order valence-electron chi connectivity index (χ4n) is 1.90. The van der Waals surface area contributed by atoms with Gasteiger partial charge >= 0.3 is 5.69 Å². The summed E-state index contributed by atoms with van der Waals surface area (Å²) in [6, 6.07) is 5.26. The predicted octanol–water partition coefficient (Wildman–Crippen LogP) is 3.83. The Balaban J connectivity index is 2.88. The molecule has 1 N–H and O–H groups in total. The molecule has 0 unspecified atom stereocenters. The van der Waals surface area contributed by atoms with Gasteiger partial charge in [0.05, 0.1) is 11.3 Å². The quantitative estimate of drug-likeness (QED) is 0.748. The van der Waals surface area contributed by atoms with Crippen molar-refractivity contribution in [1.29, 1.82) is 0 Å². The Bertz CT molecular complexity index is 781. The van der Waals surface area contributed by atoms with E-state index in [0.29, 0.717) is 15.7 Å². The topological polar surface area (TPSA) is 54.9 Å². The zero-order valence-corrected chi connectivity index (χ0v) is 14.6. The monoisotopic (exact) mass is 420 g/mol. The van der Waals surface area contributed by atoms with E-state index in [1.807, 2.05) is 19.9 Å². The summed E-state index contributed by atoms with van der Waals surface area (Å²) >= 11 is 12.6. The van der Waals surface area contributed by atoms with E-state index in [2.05, 4.69) is 36.8 Å². The normalized spacial score (nSPS) is 11.1. The van der Waals surface area contributed by atoms with Gasteiger partial charge in [-0.2, -0.15) is 0 Å². The molecule has 0 aliphatic carbocycles. The van der Waals surface area contributed by atoms with Crippen LogP contribution < -0.4 is 11.2 Å². The summed E-state index contributed by atoms with van der Waals surface area (Å²) in [5, 5.41) is 0.0948. The molecular weight excluding hydrogens is 411 g/mol. The lowest BCUT2D eigenvalue weighted by Crippen LogP contribution is -2.36. The van der Waals surface area contributed by atoms with Crippen molar-refractivity contribution >= 4 is 43.5 Å². The first-order chi connectivity index (χ1) is 9.32. The number of hydrogen-bond acceptors (Lipinski definition) is 2. The number of aromatic nitrogens is 2. The molecule has 20 heavy (non-hydrogen) atoms. The number of nitrogens with zero attached hydrogens (tertiary/aromatic N) is 1. The van der Waals surface area contributed by atoms with Crippen LogP contribution in [0.4, 0.5) is 0 Å². The average Bonchev–Trinajstić information content (AvgIpc) is 2.32. The Morgan fingerprint density at radius 1 is 1.25 bits per heavy atom. The van der Waals surface area contributed by atoms with Gasteiger partial charge in [0.15, 0.2) is 0 Å². The van der Waals surface area contributed by atoms with Gasteiger partial charge in [0.2, 0.25) is 0 Å². The molecule has 1 heterocycles. The molecule has 7 heteroatoms. The molecule has 0 saturated carbocycles. The number of nitrogens with one attached hydrogen (secondary N) is 1. The lowest BCUT2D eigenvalue weighted by atomic mass is 10.1. The van der Waals surface area contributed by atoms with E-state index in [9.17, 15) is 9.59 Å². The summed E-state index contributed by atoms with van der Waals surface area (Å²) in [5.74, 6) is -0.0935. The fourth-order valence-corrected chi connectivity index (χ4v) is 3.05. The van der Waals surface area contributed by atoms with Crippen LogP contribution in [-0.4, -0.2) is 9.55 Å². The van der Waals surface area contributed by atoms with Crippen molar-refractivity contribution in [2.24, 2.45) is 0 Å². The molecule has 1 aromatic heterocycles. The number of rotatable bonds is 2. The third-order valence-corrected chi connectivity index (χ3v) is 4.28. The SMILES string of the molecule is CC(C)c1c(Cl)[nH]c(=O)n(-c2cc(Br)ccc2Br)c1=O. The minimum absolute atomic E-state index is 0.0935. The molecule has 0 aliphatic heterocycles. The van der Waals surface area contributed by atoms with Gasteiger partial charge in [-0.25, -0.2) is 9.36 Å². The lowest BCUT2D eigenvalue weighted by molar-refractivity contribution is 0.776. The van der Waals surface area contributed by atoms with E-state index < -0.39 is 11.2 Å². The van der Waals surface area contributed by atoms with Crippen LogP contribution in [0.3, 0.4) is 0 Å². The van der Waals surface area contributed by atoms with Gasteiger partial charge in [0.1, 0.15) is 5.15 Å². The highest BCUT2D eigenvalue weighted by molar-refractivity contribution is 9.11. The summed E-state index contributed by atoms with van der Waals surface area (Å²) < 4.78 is 2.49. The molecular formula is C13H11Br2ClN2O2. The van der Waals surface area contributed by atoms with Crippen molar-refractivity contribution in [3.8, 4) is 5.69 Å². The fraction of sp³-hybridized carbons (Fsp3) is 0.231. The first kappa shape index (κ1) is 15.5. The zero-order valence-electron chi connectivity index (χ0n) is 10.7. The Kier molecular flexibility index (Phi) is 4.56. The van der Waals surface area contributed by atoms with Crippen LogP contribution in [0.1, 0.15) is 25.3 Å². The number of halogens is 3. The van der Waals surface area contributed by atoms with Gasteiger partial charge in [-0.3, -0.25) is 9.78 Å². The van der Waals surface area contributed by atoms with E-state index in [0.717, 1.165) is 9.04 Å². The van der Waals surface area contributed by atoms with Gasteiger partial charge in [-0.1, -0.05) is 41.4 Å². The Hall–Kier alpha value is -0.850. The van der Waals surface area contributed by atoms with Crippen LogP contribution in [0.2, 0.25) is 5.15 Å². The van der Waals surface area contributed by atoms with Crippen molar-refractivity contribution in [2.45, 2.75) is 19.8 Å². The van der Waals surface area contributed by atoms with Crippen LogP contribution in [0, 0.1) is 0 Å². The largest absolute Gasteiger partial charge is 0.334 e. The van der Waals surface area contributed by atoms with Gasteiger partial charge in [-0.15, -0.1) is 0 Å². The molecule has 1 aromatic carbocycles. The van der Waals surface area contributed by atoms with Crippen molar-refractivity contribution in [3.05, 3.63) is 58.7 Å². The molecule has 4 nitrogen and oxygen atoms in total. The summed E-state index contributed by atoms with van der Waals surface area (Å²) in [6.45, 7) is 3.70. The van der Waals surface area contributed by atoms with Crippen LogP contribution in [-0.2, 0) is 0 Å². The number of hydrogen-bond donors (Lipinski definition) is 1. The van der Waals surface area contributed by atoms with Crippen molar-refractivity contribution < 1.29 is 0 Å². The number of H-pyrrole nitrogens is 1. The summed E-state index contributed by atoms with van der Waals surface area (Å²) in [7, 11) is 0. The van der Waals surface area contributed by atoms with E-state index in [1.165, 1.54) is 0 Å². The van der Waals surface area contributed by atoms with E-state index >= 15 is 0 Å². The first-order valence-corrected chi connectivity index (χ1v) is 7.79. The molecule has 2 rings (SSSR count). The minimum Gasteiger partial charge on any atom is -0.297 e. The average molecular weight is 423 g/mol. The van der Waals surface area contributed by atoms with E-state index in [1.54, 1.807) is 12.1 Å². The van der Waals surface area contributed by atoms with Gasteiger partial charge in [-0.05, 0) is 40.0 Å². The highest BCUT2D eigenvalue weighted by Gasteiger charge is 2.18. The van der Waals surface area contributed by atoms with Crippen LogP contribution in [0.5, 0.6) is 0 Å². The molecule has 0 amide bonds. The lowest BCUT2D eigenvalue weighted by Gasteiger charge is -2.12. The third-order valence-electron chi connectivity index (χ3n) is 2.82. The standard InChI is InChI=1S/C13H11Br2ClN2O2/c1-6(2)10-11(16)17-13(20)18(12(10)19)9-5-7(14)3-4-8(9)15/h3-6H,1-2H3,(H,17,20). The molecule has 0 radical (unpaired) electrons. The second kappa shape index (κ2) is 5.87. The highest BCUT2D eigenvalue weighted by Crippen LogP contribution is 2.24. The maximum Gasteiger partial charge on any atom is 0.334 e. The Morgan fingerprint density at radius 2 is 1.90 bits per heavy atom. The molecule has 106 valence electrons. The molecule has 0 bridgehead atoms. The van der Waals surface area contributed by atoms with E-state index in [4.69, 9.17) is 11.6 Å². The molecule has 0 spiro atoms. The van der Waals surface area contributed by atoms with Gasteiger partial charge in [0.25, 0.3) is 5.56 Å². The second-order valence-corrected chi connectivity index (χ2v) is 6.70. The molecule has 0 saturated heterocycles. The van der Waals surface area contributed by atoms with Crippen LogP contribution >= 0.6 is 43.5 Å². The molecule has 0 atom stereocenters. The third kappa shape index (κ3) is 2.77. The Morgan fingerprint density at radius 3 is 2.50 bits per heavy atom. The Labute approximate surface area is 137 Å². The molecule has 0 fully saturated rings. The number of benzene rings is 1. The van der Waals surface area contributed by atoms with Gasteiger partial charge < -0.3 is 0 Å². The highest BCUT2D eigenvalue weighted by atomic mass is 79.9. The summed E-state index contributed by atoms with van der Waals surface area (Å²) in [6.07, 6.45) is 0. The summed E-state index contributed by atoms with van der Waals surface area (Å²) in [5.41, 5.74) is -0.127. The number of aromatic amines is 1. The summed E-state index contributed by atoms with van der Waals surface area (Å²) in [4.78, 5) is 27.1.